The number of allylic oxidation sites excluding steroid dienone is 1. The first-order valence-electron chi connectivity index (χ1n) is 8.64. The van der Waals surface area contributed by atoms with Crippen LogP contribution in [0, 0.1) is 0 Å². The number of carbonyl (C=O) groups excluding carboxylic acids is 1. The number of nitrogens with one attached hydrogen (secondary N) is 1. The summed E-state index contributed by atoms with van der Waals surface area (Å²) in [6, 6.07) is 26.8. The third kappa shape index (κ3) is 5.68. The summed E-state index contributed by atoms with van der Waals surface area (Å²) in [7, 11) is 0. The molecule has 134 valence electrons. The van der Waals surface area contributed by atoms with Gasteiger partial charge in [0.25, 0.3) is 5.91 Å². The topological polar surface area (TPSA) is 50.7 Å². The maximum Gasteiger partial charge on any atom is 0.275 e. The Kier molecular flexibility index (Phi) is 6.54. The van der Waals surface area contributed by atoms with Gasteiger partial charge in [-0.1, -0.05) is 78.9 Å². The molecule has 3 aromatic carbocycles. The normalized spacial score (nSPS) is 11.0. The number of benzene rings is 3. The summed E-state index contributed by atoms with van der Waals surface area (Å²) in [5, 5.41) is 3.96. The molecule has 3 aromatic rings. The Bertz CT molecular complexity index is 919. The highest BCUT2D eigenvalue weighted by Gasteiger charge is 2.11. The molecule has 0 aromatic heterocycles. The van der Waals surface area contributed by atoms with Crippen LogP contribution in [0.4, 0.5) is 0 Å². The molecule has 0 saturated carbocycles. The van der Waals surface area contributed by atoms with Gasteiger partial charge in [0.05, 0.1) is 5.56 Å². The van der Waals surface area contributed by atoms with E-state index in [9.17, 15) is 4.79 Å². The molecule has 0 unspecified atom stereocenters. The summed E-state index contributed by atoms with van der Waals surface area (Å²) in [6.07, 6.45) is 5.22. The van der Waals surface area contributed by atoms with Crippen molar-refractivity contribution in [2.24, 2.45) is 5.10 Å². The summed E-state index contributed by atoms with van der Waals surface area (Å²) < 4.78 is 5.80. The third-order valence-corrected chi connectivity index (χ3v) is 3.78. The summed E-state index contributed by atoms with van der Waals surface area (Å²) >= 11 is 0. The molecule has 0 aliphatic carbocycles. The van der Waals surface area contributed by atoms with Crippen molar-refractivity contribution in [3.63, 3.8) is 0 Å². The van der Waals surface area contributed by atoms with Crippen LogP contribution >= 0.6 is 0 Å². The molecule has 1 N–H and O–H groups in total. The lowest BCUT2D eigenvalue weighted by atomic mass is 10.2. The van der Waals surface area contributed by atoms with Gasteiger partial charge in [0.2, 0.25) is 0 Å². The van der Waals surface area contributed by atoms with Crippen molar-refractivity contribution in [3.8, 4) is 5.75 Å². The van der Waals surface area contributed by atoms with Crippen molar-refractivity contribution >= 4 is 18.2 Å². The van der Waals surface area contributed by atoms with E-state index >= 15 is 0 Å². The zero-order chi connectivity index (χ0) is 18.7. The predicted octanol–water partition coefficient (Wildman–Crippen LogP) is 4.69. The first kappa shape index (κ1) is 18.1. The molecular formula is C23H20N2O2. The number of para-hydroxylation sites is 1. The first-order valence-corrected chi connectivity index (χ1v) is 8.64. The highest BCUT2D eigenvalue weighted by Crippen LogP contribution is 2.19. The number of hydrogen-bond acceptors (Lipinski definition) is 3. The molecule has 0 heterocycles. The fourth-order valence-corrected chi connectivity index (χ4v) is 2.43. The van der Waals surface area contributed by atoms with Crippen molar-refractivity contribution in [2.45, 2.75) is 6.61 Å². The van der Waals surface area contributed by atoms with E-state index in [1.54, 1.807) is 30.5 Å². The molecule has 0 radical (unpaired) electrons. The van der Waals surface area contributed by atoms with Crippen molar-refractivity contribution in [3.05, 3.63) is 108 Å². The molecule has 0 bridgehead atoms. The fraction of sp³-hybridized carbons (Fsp3) is 0.0435. The highest BCUT2D eigenvalue weighted by molar-refractivity contribution is 5.97. The molecule has 4 heteroatoms. The molecular weight excluding hydrogens is 336 g/mol. The van der Waals surface area contributed by atoms with Crippen LogP contribution in [-0.4, -0.2) is 12.1 Å². The molecule has 0 atom stereocenters. The lowest BCUT2D eigenvalue weighted by Gasteiger charge is -2.10. The smallest absolute Gasteiger partial charge is 0.275 e. The van der Waals surface area contributed by atoms with Gasteiger partial charge >= 0.3 is 0 Å². The molecule has 1 amide bonds. The Hall–Kier alpha value is -3.66. The highest BCUT2D eigenvalue weighted by atomic mass is 16.5. The van der Waals surface area contributed by atoms with Gasteiger partial charge in [-0.3, -0.25) is 4.79 Å². The maximum absolute atomic E-state index is 12.4. The van der Waals surface area contributed by atoms with Crippen molar-refractivity contribution in [1.82, 2.24) is 5.43 Å². The molecule has 0 saturated heterocycles. The van der Waals surface area contributed by atoms with Crippen LogP contribution < -0.4 is 10.2 Å². The molecule has 4 nitrogen and oxygen atoms in total. The predicted molar refractivity (Wildman–Crippen MR) is 109 cm³/mol. The van der Waals surface area contributed by atoms with Gasteiger partial charge < -0.3 is 4.74 Å². The van der Waals surface area contributed by atoms with Gasteiger partial charge in [-0.15, -0.1) is 0 Å². The third-order valence-electron chi connectivity index (χ3n) is 3.78. The summed E-state index contributed by atoms with van der Waals surface area (Å²) in [5.74, 6) is 0.205. The second-order valence-corrected chi connectivity index (χ2v) is 5.76. The van der Waals surface area contributed by atoms with Crippen LogP contribution in [0.5, 0.6) is 5.75 Å². The lowest BCUT2D eigenvalue weighted by Crippen LogP contribution is -2.18. The minimum atomic E-state index is -0.317. The van der Waals surface area contributed by atoms with E-state index in [-0.39, 0.29) is 5.91 Å². The number of hydrazone groups is 1. The number of hydrogen-bond donors (Lipinski definition) is 1. The van der Waals surface area contributed by atoms with Crippen molar-refractivity contribution < 1.29 is 9.53 Å². The summed E-state index contributed by atoms with van der Waals surface area (Å²) in [6.45, 7) is 0.397. The lowest BCUT2D eigenvalue weighted by molar-refractivity contribution is 0.0950. The number of nitrogens with zero attached hydrogens (tertiary/aromatic N) is 1. The minimum absolute atomic E-state index is 0.317. The van der Waals surface area contributed by atoms with E-state index in [1.165, 1.54) is 0 Å². The van der Waals surface area contributed by atoms with Crippen LogP contribution in [0.15, 0.2) is 96.1 Å². The van der Waals surface area contributed by atoms with E-state index in [4.69, 9.17) is 4.74 Å². The molecule has 27 heavy (non-hydrogen) atoms. The quantitative estimate of drug-likeness (QED) is 0.493. The van der Waals surface area contributed by atoms with Gasteiger partial charge in [-0.05, 0) is 29.3 Å². The Morgan fingerprint density at radius 3 is 2.33 bits per heavy atom. The SMILES string of the molecule is O=C(N/N=C\C=C\c1ccccc1)c1ccccc1OCc1ccccc1. The summed E-state index contributed by atoms with van der Waals surface area (Å²) in [5.41, 5.74) is 5.07. The van der Waals surface area contributed by atoms with Crippen LogP contribution in [0.25, 0.3) is 6.08 Å². The molecule has 0 aliphatic heterocycles. The largest absolute Gasteiger partial charge is 0.488 e. The Morgan fingerprint density at radius 2 is 1.56 bits per heavy atom. The average molecular weight is 356 g/mol. The Labute approximate surface area is 158 Å². The second kappa shape index (κ2) is 9.73. The van der Waals surface area contributed by atoms with Crippen LogP contribution in [-0.2, 0) is 6.61 Å². The number of rotatable bonds is 7. The molecule has 3 rings (SSSR count). The minimum Gasteiger partial charge on any atom is -0.488 e. The Morgan fingerprint density at radius 1 is 0.889 bits per heavy atom. The van der Waals surface area contributed by atoms with E-state index in [0.717, 1.165) is 11.1 Å². The van der Waals surface area contributed by atoms with Crippen LogP contribution in [0.3, 0.4) is 0 Å². The van der Waals surface area contributed by atoms with Crippen LogP contribution in [0.1, 0.15) is 21.5 Å². The Balaban J connectivity index is 1.58. The first-order chi connectivity index (χ1) is 13.3. The van der Waals surface area contributed by atoms with Gasteiger partial charge in [-0.2, -0.15) is 5.10 Å². The standard InChI is InChI=1S/C23H20N2O2/c26-23(25-24-17-9-14-19-10-3-1-4-11-19)21-15-7-8-16-22(21)27-18-20-12-5-2-6-13-20/h1-17H,18H2,(H,25,26)/b14-9+,24-17-. The fourth-order valence-electron chi connectivity index (χ4n) is 2.43. The monoisotopic (exact) mass is 356 g/mol. The average Bonchev–Trinajstić information content (AvgIpc) is 2.73. The molecule has 0 fully saturated rings. The van der Waals surface area contributed by atoms with Crippen molar-refractivity contribution in [2.75, 3.05) is 0 Å². The van der Waals surface area contributed by atoms with Crippen LogP contribution in [0.2, 0.25) is 0 Å². The summed E-state index contributed by atoms with van der Waals surface area (Å²) in [4.78, 5) is 12.4. The van der Waals surface area contributed by atoms with Crippen molar-refractivity contribution in [1.29, 1.82) is 0 Å². The van der Waals surface area contributed by atoms with E-state index in [2.05, 4.69) is 10.5 Å². The zero-order valence-corrected chi connectivity index (χ0v) is 14.8. The number of amides is 1. The van der Waals surface area contributed by atoms with E-state index in [1.807, 2.05) is 72.8 Å². The molecule has 0 aliphatic rings. The van der Waals surface area contributed by atoms with E-state index in [0.29, 0.717) is 17.9 Å². The number of ether oxygens (including phenoxy) is 1. The van der Waals surface area contributed by atoms with Gasteiger partial charge in [0, 0.05) is 6.21 Å². The van der Waals surface area contributed by atoms with Gasteiger partial charge in [0.15, 0.2) is 0 Å². The van der Waals surface area contributed by atoms with Gasteiger partial charge in [0.1, 0.15) is 12.4 Å². The van der Waals surface area contributed by atoms with E-state index < -0.39 is 0 Å². The number of carbonyl (C=O) groups is 1. The zero-order valence-electron chi connectivity index (χ0n) is 14.8. The maximum atomic E-state index is 12.4. The van der Waals surface area contributed by atoms with Gasteiger partial charge in [-0.25, -0.2) is 5.43 Å². The molecule has 0 spiro atoms. The second-order valence-electron chi connectivity index (χ2n) is 5.76.